The fraction of sp³-hybridized carbons (Fsp3) is 0.455. The van der Waals surface area contributed by atoms with E-state index in [0.29, 0.717) is 42.5 Å². The number of pyridine rings is 1. The van der Waals surface area contributed by atoms with Gasteiger partial charge in [0.15, 0.2) is 18.1 Å². The lowest BCUT2D eigenvalue weighted by Gasteiger charge is -2.44. The Morgan fingerprint density at radius 1 is 1.00 bits per heavy atom. The Kier molecular flexibility index (Phi) is 11.4. The highest BCUT2D eigenvalue weighted by molar-refractivity contribution is 5.75. The number of methoxy groups -OCH3 is 1. The summed E-state index contributed by atoms with van der Waals surface area (Å²) in [6, 6.07) is 14.3. The van der Waals surface area contributed by atoms with Crippen LogP contribution >= 0.6 is 0 Å². The molecule has 12 heteroatoms. The number of hydrogen-bond donors (Lipinski definition) is 2. The topological polar surface area (TPSA) is 94.2 Å². The molecular weight excluding hydrogens is 589 g/mol. The largest absolute Gasteiger partial charge is 0.494 e. The molecule has 3 aromatic rings. The minimum Gasteiger partial charge on any atom is -0.494 e. The van der Waals surface area contributed by atoms with Crippen LogP contribution in [-0.4, -0.2) is 61.0 Å². The molecule has 2 N–H and O–H groups in total. The van der Waals surface area contributed by atoms with Gasteiger partial charge < -0.3 is 34.5 Å². The fourth-order valence-electron chi connectivity index (χ4n) is 5.17. The third-order valence-electron chi connectivity index (χ3n) is 7.84. The average molecular weight is 631 g/mol. The molecule has 2 heterocycles. The number of amides is 2. The van der Waals surface area contributed by atoms with Gasteiger partial charge in [0.25, 0.3) is 0 Å². The van der Waals surface area contributed by atoms with Crippen LogP contribution in [0.3, 0.4) is 0 Å². The number of benzene rings is 2. The average Bonchev–Trinajstić information content (AvgIpc) is 3.02. The number of hydrogen-bond acceptors (Lipinski definition) is 7. The lowest BCUT2D eigenvalue weighted by atomic mass is 9.88. The summed E-state index contributed by atoms with van der Waals surface area (Å²) >= 11 is 0. The first-order valence-electron chi connectivity index (χ1n) is 14.9. The van der Waals surface area contributed by atoms with Gasteiger partial charge in [-0.2, -0.15) is 13.2 Å². The molecule has 0 aliphatic carbocycles. The van der Waals surface area contributed by atoms with Crippen molar-refractivity contribution >= 4 is 6.03 Å². The molecule has 1 aliphatic rings. The molecule has 0 bridgehead atoms. The third-order valence-corrected chi connectivity index (χ3v) is 7.84. The van der Waals surface area contributed by atoms with E-state index >= 15 is 0 Å². The summed E-state index contributed by atoms with van der Waals surface area (Å²) in [7, 11) is 1.52. The molecule has 9 nitrogen and oxygen atoms in total. The van der Waals surface area contributed by atoms with Gasteiger partial charge >= 0.3 is 12.2 Å². The number of carbonyl (C=O) groups is 1. The van der Waals surface area contributed by atoms with Crippen molar-refractivity contribution in [2.24, 2.45) is 0 Å². The molecule has 2 amide bonds. The van der Waals surface area contributed by atoms with E-state index in [2.05, 4.69) is 22.5 Å². The molecule has 1 saturated heterocycles. The first kappa shape index (κ1) is 33.7. The van der Waals surface area contributed by atoms with E-state index in [0.717, 1.165) is 42.8 Å². The molecule has 2 aromatic carbocycles. The minimum absolute atomic E-state index is 0.00406. The molecule has 4 rings (SSSR count). The van der Waals surface area contributed by atoms with Crippen LogP contribution in [0.5, 0.6) is 23.0 Å². The Morgan fingerprint density at radius 3 is 2.38 bits per heavy atom. The number of halogens is 3. The van der Waals surface area contributed by atoms with E-state index in [1.165, 1.54) is 19.4 Å². The number of alkyl halides is 3. The Balaban J connectivity index is 1.46. The normalized spacial score (nSPS) is 14.4. The highest BCUT2D eigenvalue weighted by Gasteiger charge is 2.36. The van der Waals surface area contributed by atoms with Crippen molar-refractivity contribution in [2.75, 3.05) is 33.4 Å². The smallest absolute Gasteiger partial charge is 0.422 e. The molecule has 1 aliphatic heterocycles. The van der Waals surface area contributed by atoms with E-state index in [1.807, 2.05) is 48.2 Å². The summed E-state index contributed by atoms with van der Waals surface area (Å²) < 4.78 is 60.0. The van der Waals surface area contributed by atoms with Crippen LogP contribution in [0.15, 0.2) is 54.7 Å². The third kappa shape index (κ3) is 9.40. The van der Waals surface area contributed by atoms with Crippen LogP contribution in [0.1, 0.15) is 49.1 Å². The SMILES string of the molecule is CCOc1ccc(CNC(=O)N(Cc2ccc(OCc3nccc(OCC(F)(F)F)c3C)c(OC)c2)C2(C)CCNCC2)cc1. The molecule has 0 radical (unpaired) electrons. The van der Waals surface area contributed by atoms with Gasteiger partial charge in [0.1, 0.15) is 18.1 Å². The Hall–Kier alpha value is -4.19. The van der Waals surface area contributed by atoms with Gasteiger partial charge in [0.05, 0.1) is 19.4 Å². The zero-order valence-electron chi connectivity index (χ0n) is 26.1. The van der Waals surface area contributed by atoms with Gasteiger partial charge in [-0.15, -0.1) is 0 Å². The lowest BCUT2D eigenvalue weighted by Crippen LogP contribution is -2.57. The van der Waals surface area contributed by atoms with Gasteiger partial charge in [-0.1, -0.05) is 18.2 Å². The summed E-state index contributed by atoms with van der Waals surface area (Å²) in [4.78, 5) is 19.8. The van der Waals surface area contributed by atoms with E-state index in [-0.39, 0.29) is 23.9 Å². The van der Waals surface area contributed by atoms with Crippen LogP contribution in [0.2, 0.25) is 0 Å². The number of nitrogens with one attached hydrogen (secondary N) is 2. The number of aromatic nitrogens is 1. The molecule has 0 spiro atoms. The van der Waals surface area contributed by atoms with Crippen molar-refractivity contribution in [3.8, 4) is 23.0 Å². The lowest BCUT2D eigenvalue weighted by molar-refractivity contribution is -0.153. The van der Waals surface area contributed by atoms with Gasteiger partial charge in [0.2, 0.25) is 0 Å². The molecular formula is C33H41F3N4O5. The van der Waals surface area contributed by atoms with Gasteiger partial charge in [-0.3, -0.25) is 4.98 Å². The second-order valence-electron chi connectivity index (χ2n) is 11.1. The highest BCUT2D eigenvalue weighted by Crippen LogP contribution is 2.33. The zero-order valence-corrected chi connectivity index (χ0v) is 26.1. The predicted molar refractivity (Wildman–Crippen MR) is 164 cm³/mol. The van der Waals surface area contributed by atoms with Gasteiger partial charge in [-0.25, -0.2) is 4.79 Å². The van der Waals surface area contributed by atoms with Crippen molar-refractivity contribution in [3.63, 3.8) is 0 Å². The van der Waals surface area contributed by atoms with Crippen LogP contribution in [0, 0.1) is 6.92 Å². The van der Waals surface area contributed by atoms with Crippen LogP contribution in [0.25, 0.3) is 0 Å². The van der Waals surface area contributed by atoms with Crippen LogP contribution in [-0.2, 0) is 19.7 Å². The first-order valence-corrected chi connectivity index (χ1v) is 14.9. The molecule has 45 heavy (non-hydrogen) atoms. The second-order valence-corrected chi connectivity index (χ2v) is 11.1. The first-order chi connectivity index (χ1) is 21.5. The number of ether oxygens (including phenoxy) is 4. The van der Waals surface area contributed by atoms with E-state index in [4.69, 9.17) is 18.9 Å². The highest BCUT2D eigenvalue weighted by atomic mass is 19.4. The number of nitrogens with zero attached hydrogens (tertiary/aromatic N) is 2. The van der Waals surface area contributed by atoms with Gasteiger partial charge in [0, 0.05) is 30.4 Å². The summed E-state index contributed by atoms with van der Waals surface area (Å²) in [6.07, 6.45) is -1.45. The quantitative estimate of drug-likeness (QED) is 0.233. The second kappa shape index (κ2) is 15.2. The summed E-state index contributed by atoms with van der Waals surface area (Å²) in [5.74, 6) is 1.77. The molecule has 0 atom stereocenters. The maximum Gasteiger partial charge on any atom is 0.422 e. The summed E-state index contributed by atoms with van der Waals surface area (Å²) in [6.45, 7) is 7.22. The summed E-state index contributed by atoms with van der Waals surface area (Å²) in [5, 5.41) is 6.46. The predicted octanol–water partition coefficient (Wildman–Crippen LogP) is 6.17. The van der Waals surface area contributed by atoms with Crippen molar-refractivity contribution in [2.45, 2.75) is 65.0 Å². The minimum atomic E-state index is -4.45. The maximum absolute atomic E-state index is 13.7. The Bertz CT molecular complexity index is 1410. The maximum atomic E-state index is 13.7. The van der Waals surface area contributed by atoms with E-state index in [9.17, 15) is 18.0 Å². The fourth-order valence-corrected chi connectivity index (χ4v) is 5.17. The molecule has 1 aromatic heterocycles. The Labute approximate surface area is 262 Å². The van der Waals surface area contributed by atoms with Crippen molar-refractivity contribution in [1.82, 2.24) is 20.5 Å². The molecule has 244 valence electrons. The zero-order chi connectivity index (χ0) is 32.5. The Morgan fingerprint density at radius 2 is 1.71 bits per heavy atom. The van der Waals surface area contributed by atoms with Crippen LogP contribution < -0.4 is 29.6 Å². The number of rotatable bonds is 13. The molecule has 0 unspecified atom stereocenters. The van der Waals surface area contributed by atoms with Crippen LogP contribution in [0.4, 0.5) is 18.0 Å². The van der Waals surface area contributed by atoms with Crippen molar-refractivity contribution < 1.29 is 36.9 Å². The number of piperidine rings is 1. The molecule has 0 saturated carbocycles. The number of urea groups is 1. The van der Waals surface area contributed by atoms with E-state index in [1.54, 1.807) is 13.0 Å². The van der Waals surface area contributed by atoms with E-state index < -0.39 is 12.8 Å². The van der Waals surface area contributed by atoms with Crippen molar-refractivity contribution in [1.29, 1.82) is 0 Å². The summed E-state index contributed by atoms with van der Waals surface area (Å²) in [5.41, 5.74) is 2.35. The standard InChI is InChI=1S/C33H41F3N4O5/c1-5-43-26-9-6-24(7-10-26)19-39-31(41)40(32(3)13-16-37-17-14-32)20-25-8-11-29(30(18-25)42-4)44-21-27-23(2)28(12-15-38-27)45-22-33(34,35)36/h6-12,15,18,37H,5,13-14,16-17,19-22H2,1-4H3,(H,39,41). The van der Waals surface area contributed by atoms with Crippen molar-refractivity contribution in [3.05, 3.63) is 77.1 Å². The monoisotopic (exact) mass is 630 g/mol. The number of carbonyl (C=O) groups excluding carboxylic acids is 1. The van der Waals surface area contributed by atoms with Gasteiger partial charge in [-0.05, 0) is 88.2 Å². The molecule has 1 fully saturated rings.